The predicted octanol–water partition coefficient (Wildman–Crippen LogP) is 0.873. The Balaban J connectivity index is 2.96. The number of carbonyl (C=O) groups is 1. The smallest absolute Gasteiger partial charge is 0.327 e. The maximum atomic E-state index is 11.1. The molecule has 0 radical (unpaired) electrons. The third-order valence-electron chi connectivity index (χ3n) is 2.04. The van der Waals surface area contributed by atoms with Gasteiger partial charge in [-0.3, -0.25) is 4.79 Å². The maximum Gasteiger partial charge on any atom is 0.327 e. The number of aromatic hydroxyl groups is 1. The van der Waals surface area contributed by atoms with Crippen LogP contribution in [0.4, 0.5) is 0 Å². The van der Waals surface area contributed by atoms with E-state index < -0.39 is 12.0 Å². The fraction of sp³-hybridized carbons (Fsp3) is 0.300. The molecule has 0 saturated carbocycles. The molecule has 0 fully saturated rings. The van der Waals surface area contributed by atoms with Crippen LogP contribution in [0.3, 0.4) is 0 Å². The Labute approximate surface area is 82.3 Å². The normalized spacial score (nSPS) is 12.2. The number of hydrogen-bond acceptors (Lipinski definition) is 4. The van der Waals surface area contributed by atoms with Crippen LogP contribution in [0.5, 0.6) is 5.75 Å². The quantitative estimate of drug-likeness (QED) is 0.687. The number of benzene rings is 1. The molecule has 0 heterocycles. The van der Waals surface area contributed by atoms with Gasteiger partial charge < -0.3 is 15.6 Å². The number of ether oxygens (including phenoxy) is 1. The van der Waals surface area contributed by atoms with Crippen molar-refractivity contribution in [2.45, 2.75) is 13.0 Å². The number of phenolic OH excluding ortho intramolecular Hbond substituents is 1. The Kier molecular flexibility index (Phi) is 3.09. The lowest BCUT2D eigenvalue weighted by atomic mass is 10.0. The average Bonchev–Trinajstić information content (AvgIpc) is 2.20. The summed E-state index contributed by atoms with van der Waals surface area (Å²) in [6, 6.07) is 3.98. The summed E-state index contributed by atoms with van der Waals surface area (Å²) in [5.41, 5.74) is 6.93. The van der Waals surface area contributed by atoms with Crippen molar-refractivity contribution in [2.75, 3.05) is 7.11 Å². The summed E-state index contributed by atoms with van der Waals surface area (Å²) in [5.74, 6) is -0.305. The second-order valence-electron chi connectivity index (χ2n) is 3.05. The topological polar surface area (TPSA) is 72.5 Å². The van der Waals surface area contributed by atoms with Crippen molar-refractivity contribution in [2.24, 2.45) is 5.73 Å². The predicted molar refractivity (Wildman–Crippen MR) is 51.8 cm³/mol. The van der Waals surface area contributed by atoms with Gasteiger partial charge in [0, 0.05) is 0 Å². The second kappa shape index (κ2) is 4.11. The first kappa shape index (κ1) is 10.5. The minimum atomic E-state index is -0.792. The molecule has 0 amide bonds. The van der Waals surface area contributed by atoms with E-state index in [0.717, 1.165) is 0 Å². The number of hydrogen-bond donors (Lipinski definition) is 2. The van der Waals surface area contributed by atoms with Crippen molar-refractivity contribution in [3.05, 3.63) is 29.3 Å². The van der Waals surface area contributed by atoms with Gasteiger partial charge in [0.1, 0.15) is 11.8 Å². The van der Waals surface area contributed by atoms with E-state index in [9.17, 15) is 9.90 Å². The largest absolute Gasteiger partial charge is 0.508 e. The van der Waals surface area contributed by atoms with Gasteiger partial charge in [0.05, 0.1) is 7.11 Å². The Morgan fingerprint density at radius 2 is 2.21 bits per heavy atom. The summed E-state index contributed by atoms with van der Waals surface area (Å²) in [4.78, 5) is 11.1. The first-order chi connectivity index (χ1) is 6.56. The number of methoxy groups -OCH3 is 1. The third-order valence-corrected chi connectivity index (χ3v) is 2.04. The molecule has 1 aromatic rings. The van der Waals surface area contributed by atoms with Gasteiger partial charge in [0.2, 0.25) is 0 Å². The molecule has 0 aliphatic rings. The molecule has 76 valence electrons. The molecule has 0 unspecified atom stereocenters. The molecule has 0 aromatic heterocycles. The van der Waals surface area contributed by atoms with Crippen molar-refractivity contribution in [3.63, 3.8) is 0 Å². The highest BCUT2D eigenvalue weighted by molar-refractivity contribution is 5.77. The summed E-state index contributed by atoms with van der Waals surface area (Å²) in [6.45, 7) is 1.74. The highest BCUT2D eigenvalue weighted by atomic mass is 16.5. The fourth-order valence-corrected chi connectivity index (χ4v) is 1.14. The van der Waals surface area contributed by atoms with E-state index in [-0.39, 0.29) is 5.75 Å². The van der Waals surface area contributed by atoms with Gasteiger partial charge in [0.15, 0.2) is 0 Å². The lowest BCUT2D eigenvalue weighted by Gasteiger charge is -2.10. The van der Waals surface area contributed by atoms with E-state index in [4.69, 9.17) is 5.73 Å². The molecule has 0 bridgehead atoms. The molecule has 4 nitrogen and oxygen atoms in total. The summed E-state index contributed by atoms with van der Waals surface area (Å²) in [7, 11) is 1.29. The number of carbonyl (C=O) groups excluding carboxylic acids is 1. The summed E-state index contributed by atoms with van der Waals surface area (Å²) in [5, 5.41) is 9.26. The number of phenols is 1. The zero-order valence-electron chi connectivity index (χ0n) is 8.15. The molecule has 3 N–H and O–H groups in total. The van der Waals surface area contributed by atoms with E-state index >= 15 is 0 Å². The summed E-state index contributed by atoms with van der Waals surface area (Å²) >= 11 is 0. The molecule has 14 heavy (non-hydrogen) atoms. The van der Waals surface area contributed by atoms with Gasteiger partial charge in [-0.15, -0.1) is 0 Å². The van der Waals surface area contributed by atoms with Crippen LogP contribution in [0.25, 0.3) is 0 Å². The standard InChI is InChI=1S/C10H13NO3/c1-6-5-7(3-4-8(6)12)9(11)10(13)14-2/h3-5,9,12H,11H2,1-2H3/t9-/m1/s1. The van der Waals surface area contributed by atoms with Crippen LogP contribution in [0.15, 0.2) is 18.2 Å². The van der Waals surface area contributed by atoms with Crippen molar-refractivity contribution in [1.82, 2.24) is 0 Å². The van der Waals surface area contributed by atoms with Crippen molar-refractivity contribution < 1.29 is 14.6 Å². The molecule has 0 aliphatic carbocycles. The monoisotopic (exact) mass is 195 g/mol. The molecule has 1 rings (SSSR count). The number of rotatable bonds is 2. The Morgan fingerprint density at radius 1 is 1.57 bits per heavy atom. The summed E-state index contributed by atoms with van der Waals surface area (Å²) in [6.07, 6.45) is 0. The molecular formula is C10H13NO3. The molecule has 0 saturated heterocycles. The number of nitrogens with two attached hydrogens (primary N) is 1. The Morgan fingerprint density at radius 3 is 2.71 bits per heavy atom. The first-order valence-corrected chi connectivity index (χ1v) is 4.19. The number of esters is 1. The van der Waals surface area contributed by atoms with E-state index in [2.05, 4.69) is 4.74 Å². The van der Waals surface area contributed by atoms with Gasteiger partial charge >= 0.3 is 5.97 Å². The molecular weight excluding hydrogens is 182 g/mol. The highest BCUT2D eigenvalue weighted by Crippen LogP contribution is 2.20. The lowest BCUT2D eigenvalue weighted by molar-refractivity contribution is -0.142. The van der Waals surface area contributed by atoms with Gasteiger partial charge in [-0.2, -0.15) is 0 Å². The molecule has 1 aromatic carbocycles. The van der Waals surface area contributed by atoms with E-state index in [0.29, 0.717) is 11.1 Å². The van der Waals surface area contributed by atoms with Crippen LogP contribution < -0.4 is 5.73 Å². The van der Waals surface area contributed by atoms with Gasteiger partial charge in [-0.25, -0.2) is 0 Å². The lowest BCUT2D eigenvalue weighted by Crippen LogP contribution is -2.22. The SMILES string of the molecule is COC(=O)[C@H](N)c1ccc(O)c(C)c1. The van der Waals surface area contributed by atoms with E-state index in [1.165, 1.54) is 13.2 Å². The van der Waals surface area contributed by atoms with Crippen molar-refractivity contribution >= 4 is 5.97 Å². The third kappa shape index (κ3) is 2.03. The van der Waals surface area contributed by atoms with Crippen LogP contribution in [-0.2, 0) is 9.53 Å². The minimum absolute atomic E-state index is 0.186. The van der Waals surface area contributed by atoms with Crippen LogP contribution in [0.1, 0.15) is 17.2 Å². The average molecular weight is 195 g/mol. The zero-order chi connectivity index (χ0) is 10.7. The maximum absolute atomic E-state index is 11.1. The number of aryl methyl sites for hydroxylation is 1. The van der Waals surface area contributed by atoms with E-state index in [1.54, 1.807) is 19.1 Å². The van der Waals surface area contributed by atoms with Crippen molar-refractivity contribution in [3.8, 4) is 5.75 Å². The van der Waals surface area contributed by atoms with Gasteiger partial charge in [0.25, 0.3) is 0 Å². The first-order valence-electron chi connectivity index (χ1n) is 4.19. The zero-order valence-corrected chi connectivity index (χ0v) is 8.15. The van der Waals surface area contributed by atoms with Gasteiger partial charge in [-0.1, -0.05) is 12.1 Å². The highest BCUT2D eigenvalue weighted by Gasteiger charge is 2.16. The van der Waals surface area contributed by atoms with Crippen LogP contribution in [0, 0.1) is 6.92 Å². The minimum Gasteiger partial charge on any atom is -0.508 e. The van der Waals surface area contributed by atoms with Gasteiger partial charge in [-0.05, 0) is 24.1 Å². The van der Waals surface area contributed by atoms with Crippen LogP contribution >= 0.6 is 0 Å². The Bertz CT molecular complexity index is 349. The Hall–Kier alpha value is -1.55. The van der Waals surface area contributed by atoms with E-state index in [1.807, 2.05) is 0 Å². The second-order valence-corrected chi connectivity index (χ2v) is 3.05. The van der Waals surface area contributed by atoms with Crippen molar-refractivity contribution in [1.29, 1.82) is 0 Å². The van der Waals surface area contributed by atoms with Crippen LogP contribution in [0.2, 0.25) is 0 Å². The molecule has 0 aliphatic heterocycles. The van der Waals surface area contributed by atoms with Crippen LogP contribution in [-0.4, -0.2) is 18.2 Å². The fourth-order valence-electron chi connectivity index (χ4n) is 1.14. The molecule has 0 spiro atoms. The molecule has 1 atom stereocenters. The summed E-state index contributed by atoms with van der Waals surface area (Å²) < 4.78 is 4.51. The molecule has 4 heteroatoms.